The van der Waals surface area contributed by atoms with E-state index in [1.807, 2.05) is 34.8 Å². The minimum Gasteiger partial charge on any atom is -0.322 e. The summed E-state index contributed by atoms with van der Waals surface area (Å²) in [5.41, 5.74) is 2.28. The zero-order valence-corrected chi connectivity index (χ0v) is 14.1. The predicted octanol–water partition coefficient (Wildman–Crippen LogP) is 2.45. The summed E-state index contributed by atoms with van der Waals surface area (Å²) in [5.74, 6) is 0. The topological polar surface area (TPSA) is 61.4 Å². The van der Waals surface area contributed by atoms with Crippen LogP contribution in [-0.2, 0) is 13.0 Å². The average Bonchev–Trinajstić information content (AvgIpc) is 3.04. The lowest BCUT2D eigenvalue weighted by molar-refractivity contribution is 0.143. The van der Waals surface area contributed by atoms with Crippen molar-refractivity contribution < 1.29 is 4.79 Å². The van der Waals surface area contributed by atoms with Crippen LogP contribution in [0.5, 0.6) is 0 Å². The molecule has 6 nitrogen and oxygen atoms in total. The smallest absolute Gasteiger partial charge is 0.322 e. The molecule has 0 spiro atoms. The number of anilines is 1. The Morgan fingerprint density at radius 1 is 1.26 bits per heavy atom. The van der Waals surface area contributed by atoms with Crippen molar-refractivity contribution in [2.45, 2.75) is 19.9 Å². The summed E-state index contributed by atoms with van der Waals surface area (Å²) >= 11 is 1.48. The van der Waals surface area contributed by atoms with Crippen molar-refractivity contribution in [2.75, 3.05) is 31.5 Å². The van der Waals surface area contributed by atoms with Gasteiger partial charge in [0.15, 0.2) is 5.13 Å². The molecule has 0 aliphatic carbocycles. The van der Waals surface area contributed by atoms with Crippen LogP contribution in [0.15, 0.2) is 29.9 Å². The number of carbonyl (C=O) groups excluding carboxylic acids is 1. The van der Waals surface area contributed by atoms with Gasteiger partial charge in [0, 0.05) is 50.5 Å². The monoisotopic (exact) mass is 331 g/mol. The first-order chi connectivity index (χ1) is 11.2. The lowest BCUT2D eigenvalue weighted by atomic mass is 10.2. The number of nitrogens with zero attached hydrogens (tertiary/aromatic N) is 4. The second-order valence-electron chi connectivity index (χ2n) is 5.55. The highest BCUT2D eigenvalue weighted by atomic mass is 32.1. The van der Waals surface area contributed by atoms with E-state index in [1.165, 1.54) is 16.9 Å². The van der Waals surface area contributed by atoms with Crippen molar-refractivity contribution in [1.29, 1.82) is 0 Å². The maximum absolute atomic E-state index is 12.3. The van der Waals surface area contributed by atoms with Crippen molar-refractivity contribution in [1.82, 2.24) is 19.8 Å². The summed E-state index contributed by atoms with van der Waals surface area (Å²) in [6, 6.07) is 4.02. The SMILES string of the molecule is CCc1csc(NC(=O)N2CCN(Cc3ccncc3)CC2)n1. The second-order valence-corrected chi connectivity index (χ2v) is 6.40. The molecule has 7 heteroatoms. The molecule has 0 unspecified atom stereocenters. The zero-order chi connectivity index (χ0) is 16.1. The number of rotatable bonds is 4. The van der Waals surface area contributed by atoms with Crippen LogP contribution in [0.4, 0.5) is 9.93 Å². The van der Waals surface area contributed by atoms with Crippen molar-refractivity contribution in [3.8, 4) is 0 Å². The van der Waals surface area contributed by atoms with Gasteiger partial charge < -0.3 is 4.90 Å². The molecule has 3 rings (SSSR count). The maximum atomic E-state index is 12.3. The molecule has 0 atom stereocenters. The van der Waals surface area contributed by atoms with Crippen LogP contribution in [0, 0.1) is 0 Å². The van der Waals surface area contributed by atoms with Crippen LogP contribution in [0.1, 0.15) is 18.2 Å². The number of carbonyl (C=O) groups is 1. The summed E-state index contributed by atoms with van der Waals surface area (Å²) in [4.78, 5) is 24.9. The fourth-order valence-corrected chi connectivity index (χ4v) is 3.34. The van der Waals surface area contributed by atoms with Gasteiger partial charge in [-0.2, -0.15) is 0 Å². The quantitative estimate of drug-likeness (QED) is 0.935. The molecular weight excluding hydrogens is 310 g/mol. The summed E-state index contributed by atoms with van der Waals surface area (Å²) in [6.45, 7) is 6.21. The molecule has 0 radical (unpaired) electrons. The van der Waals surface area contributed by atoms with Gasteiger partial charge in [0.1, 0.15) is 0 Å². The second kappa shape index (κ2) is 7.52. The third kappa shape index (κ3) is 4.27. The van der Waals surface area contributed by atoms with E-state index in [0.717, 1.165) is 44.8 Å². The minimum atomic E-state index is -0.0504. The first-order valence-electron chi connectivity index (χ1n) is 7.86. The molecule has 2 amide bonds. The molecule has 3 heterocycles. The molecule has 1 saturated heterocycles. The number of urea groups is 1. The van der Waals surface area contributed by atoms with Crippen LogP contribution in [0.2, 0.25) is 0 Å². The Kier molecular flexibility index (Phi) is 5.19. The molecule has 1 aliphatic rings. The molecule has 1 aliphatic heterocycles. The molecular formula is C16H21N5OS. The van der Waals surface area contributed by atoms with Gasteiger partial charge in [0.25, 0.3) is 0 Å². The lowest BCUT2D eigenvalue weighted by Gasteiger charge is -2.34. The van der Waals surface area contributed by atoms with E-state index in [9.17, 15) is 4.79 Å². The number of pyridine rings is 1. The maximum Gasteiger partial charge on any atom is 0.323 e. The normalized spacial score (nSPS) is 15.6. The van der Waals surface area contributed by atoms with Crippen LogP contribution in [-0.4, -0.2) is 52.0 Å². The summed E-state index contributed by atoms with van der Waals surface area (Å²) < 4.78 is 0. The van der Waals surface area contributed by atoms with Gasteiger partial charge in [0.05, 0.1) is 5.69 Å². The van der Waals surface area contributed by atoms with Gasteiger partial charge in [0.2, 0.25) is 0 Å². The van der Waals surface area contributed by atoms with E-state index in [0.29, 0.717) is 5.13 Å². The van der Waals surface area contributed by atoms with E-state index in [4.69, 9.17) is 0 Å². The van der Waals surface area contributed by atoms with Crippen LogP contribution in [0.3, 0.4) is 0 Å². The highest BCUT2D eigenvalue weighted by Crippen LogP contribution is 2.17. The molecule has 0 saturated carbocycles. The van der Waals surface area contributed by atoms with E-state index < -0.39 is 0 Å². The molecule has 2 aromatic heterocycles. The Morgan fingerprint density at radius 3 is 2.65 bits per heavy atom. The van der Waals surface area contributed by atoms with Crippen LogP contribution in [0.25, 0.3) is 0 Å². The number of aryl methyl sites for hydroxylation is 1. The van der Waals surface area contributed by atoms with E-state index in [2.05, 4.69) is 27.1 Å². The summed E-state index contributed by atoms with van der Waals surface area (Å²) in [6.07, 6.45) is 4.52. The Labute approximate surface area is 140 Å². The Balaban J connectivity index is 1.47. The predicted molar refractivity (Wildman–Crippen MR) is 91.6 cm³/mol. The molecule has 0 bridgehead atoms. The first-order valence-corrected chi connectivity index (χ1v) is 8.74. The van der Waals surface area contributed by atoms with Gasteiger partial charge >= 0.3 is 6.03 Å². The Hall–Kier alpha value is -1.99. The van der Waals surface area contributed by atoms with Gasteiger partial charge in [-0.15, -0.1) is 11.3 Å². The summed E-state index contributed by atoms with van der Waals surface area (Å²) in [7, 11) is 0. The van der Waals surface area contributed by atoms with Gasteiger partial charge in [-0.1, -0.05) is 6.92 Å². The molecule has 1 N–H and O–H groups in total. The minimum absolute atomic E-state index is 0.0504. The lowest BCUT2D eigenvalue weighted by Crippen LogP contribution is -2.49. The van der Waals surface area contributed by atoms with Crippen molar-refractivity contribution in [3.05, 3.63) is 41.2 Å². The van der Waals surface area contributed by atoms with Gasteiger partial charge in [-0.25, -0.2) is 9.78 Å². The van der Waals surface area contributed by atoms with E-state index in [-0.39, 0.29) is 6.03 Å². The summed E-state index contributed by atoms with van der Waals surface area (Å²) in [5, 5.41) is 5.57. The number of aromatic nitrogens is 2. The van der Waals surface area contributed by atoms with Crippen molar-refractivity contribution >= 4 is 22.5 Å². The third-order valence-electron chi connectivity index (χ3n) is 3.94. The number of nitrogens with one attached hydrogen (secondary N) is 1. The highest BCUT2D eigenvalue weighted by Gasteiger charge is 2.21. The molecule has 122 valence electrons. The molecule has 1 fully saturated rings. The van der Waals surface area contributed by atoms with E-state index >= 15 is 0 Å². The number of piperazine rings is 1. The first kappa shape index (κ1) is 15.9. The van der Waals surface area contributed by atoms with Crippen molar-refractivity contribution in [2.24, 2.45) is 0 Å². The molecule has 2 aromatic rings. The van der Waals surface area contributed by atoms with Gasteiger partial charge in [-0.3, -0.25) is 15.2 Å². The average molecular weight is 331 g/mol. The van der Waals surface area contributed by atoms with E-state index in [1.54, 1.807) is 0 Å². The number of amides is 2. The Morgan fingerprint density at radius 2 is 2.00 bits per heavy atom. The Bertz CT molecular complexity index is 637. The molecule has 23 heavy (non-hydrogen) atoms. The fraction of sp³-hybridized carbons (Fsp3) is 0.438. The number of thiazole rings is 1. The third-order valence-corrected chi connectivity index (χ3v) is 4.75. The highest BCUT2D eigenvalue weighted by molar-refractivity contribution is 7.13. The largest absolute Gasteiger partial charge is 0.323 e. The standard InChI is InChI=1S/C16H21N5OS/c1-2-14-12-23-15(18-14)19-16(22)21-9-7-20(8-10-21)11-13-3-5-17-6-4-13/h3-6,12H,2,7-11H2,1H3,(H,18,19,22). The van der Waals surface area contributed by atoms with Gasteiger partial charge in [-0.05, 0) is 24.1 Å². The zero-order valence-electron chi connectivity index (χ0n) is 13.2. The molecule has 0 aromatic carbocycles. The van der Waals surface area contributed by atoms with Crippen LogP contribution < -0.4 is 5.32 Å². The number of hydrogen-bond acceptors (Lipinski definition) is 5. The number of hydrogen-bond donors (Lipinski definition) is 1. The van der Waals surface area contributed by atoms with Crippen molar-refractivity contribution in [3.63, 3.8) is 0 Å². The fourth-order valence-electron chi connectivity index (χ4n) is 2.55. The van der Waals surface area contributed by atoms with Crippen LogP contribution >= 0.6 is 11.3 Å².